The smallest absolute Gasteiger partial charge is 0.391 e. The van der Waals surface area contributed by atoms with Crippen LogP contribution in [0.1, 0.15) is 5.56 Å². The summed E-state index contributed by atoms with van der Waals surface area (Å²) < 4.78 is 4.58. The fourth-order valence-corrected chi connectivity index (χ4v) is 0.995. The number of nitriles is 1. The first kappa shape index (κ1) is 8.95. The van der Waals surface area contributed by atoms with E-state index in [2.05, 4.69) is 4.52 Å². The lowest BCUT2D eigenvalue weighted by atomic mass is 10.2. The summed E-state index contributed by atoms with van der Waals surface area (Å²) in [5.41, 5.74) is 0.502. The highest BCUT2D eigenvalue weighted by Gasteiger charge is 2.01. The molecule has 1 aromatic carbocycles. The molecule has 0 bridgehead atoms. The van der Waals surface area contributed by atoms with Gasteiger partial charge in [0, 0.05) is 0 Å². The number of nitrogens with zero attached hydrogens (tertiary/aromatic N) is 1. The van der Waals surface area contributed by atoms with E-state index in [0.717, 1.165) is 0 Å². The molecule has 0 aliphatic carbocycles. The van der Waals surface area contributed by atoms with Crippen LogP contribution in [-0.4, -0.2) is 9.79 Å². The van der Waals surface area contributed by atoms with Gasteiger partial charge >= 0.3 is 8.60 Å². The van der Waals surface area contributed by atoms with Gasteiger partial charge in [0.15, 0.2) is 0 Å². The monoisotopic (exact) mass is 183 g/mol. The molecule has 4 nitrogen and oxygen atoms in total. The molecule has 62 valence electrons. The van der Waals surface area contributed by atoms with E-state index in [1.54, 1.807) is 0 Å². The second kappa shape index (κ2) is 4.03. The predicted octanol–water partition coefficient (Wildman–Crippen LogP) is 1.15. The summed E-state index contributed by atoms with van der Waals surface area (Å²) in [5, 5.41) is 8.42. The molecule has 0 saturated carbocycles. The minimum atomic E-state index is -2.37. The van der Waals surface area contributed by atoms with E-state index in [0.29, 0.717) is 11.3 Å². The van der Waals surface area contributed by atoms with E-state index in [-0.39, 0.29) is 0 Å². The third-order valence-corrected chi connectivity index (χ3v) is 1.54. The average molecular weight is 183 g/mol. The summed E-state index contributed by atoms with van der Waals surface area (Å²) in [6.45, 7) is 0. The normalized spacial score (nSPS) is 9.50. The highest BCUT2D eigenvalue weighted by molar-refractivity contribution is 7.39. The zero-order valence-electron chi connectivity index (χ0n) is 6.01. The Morgan fingerprint density at radius 3 is 2.25 bits per heavy atom. The van der Waals surface area contributed by atoms with E-state index >= 15 is 0 Å². The van der Waals surface area contributed by atoms with Gasteiger partial charge in [-0.3, -0.25) is 0 Å². The van der Waals surface area contributed by atoms with Crippen molar-refractivity contribution in [3.05, 3.63) is 29.8 Å². The van der Waals surface area contributed by atoms with E-state index in [1.807, 2.05) is 6.07 Å². The van der Waals surface area contributed by atoms with Crippen molar-refractivity contribution in [1.29, 1.82) is 5.26 Å². The quantitative estimate of drug-likeness (QED) is 0.674. The fourth-order valence-electron chi connectivity index (χ4n) is 0.685. The van der Waals surface area contributed by atoms with Crippen LogP contribution in [0.25, 0.3) is 0 Å². The van der Waals surface area contributed by atoms with Gasteiger partial charge in [-0.2, -0.15) is 5.26 Å². The molecule has 1 rings (SSSR count). The Morgan fingerprint density at radius 2 is 1.83 bits per heavy atom. The molecule has 1 aromatic rings. The minimum absolute atomic E-state index is 0.338. The molecule has 0 heterocycles. The molecule has 0 radical (unpaired) electrons. The molecule has 0 aliphatic heterocycles. The van der Waals surface area contributed by atoms with Gasteiger partial charge in [0.25, 0.3) is 0 Å². The third-order valence-electron chi connectivity index (χ3n) is 1.17. The van der Waals surface area contributed by atoms with Crippen molar-refractivity contribution in [2.45, 2.75) is 0 Å². The Kier molecular flexibility index (Phi) is 3.01. The van der Waals surface area contributed by atoms with Gasteiger partial charge in [-0.1, -0.05) is 0 Å². The summed E-state index contributed by atoms with van der Waals surface area (Å²) in [5.74, 6) is 0.338. The van der Waals surface area contributed by atoms with Crippen LogP contribution in [0.4, 0.5) is 0 Å². The van der Waals surface area contributed by atoms with Crippen LogP contribution in [-0.2, 0) is 0 Å². The Labute approximate surface area is 70.7 Å². The SMILES string of the molecule is N#Cc1ccc(OP(O)O)cc1. The number of hydrogen-bond acceptors (Lipinski definition) is 4. The molecule has 2 N–H and O–H groups in total. The molecule has 0 atom stereocenters. The summed E-state index contributed by atoms with van der Waals surface area (Å²) in [4.78, 5) is 16.9. The summed E-state index contributed by atoms with van der Waals surface area (Å²) >= 11 is 0. The zero-order chi connectivity index (χ0) is 8.97. The van der Waals surface area contributed by atoms with Crippen molar-refractivity contribution in [3.8, 4) is 11.8 Å². The van der Waals surface area contributed by atoms with Gasteiger partial charge in [-0.25, -0.2) is 0 Å². The summed E-state index contributed by atoms with van der Waals surface area (Å²) in [6, 6.07) is 8.00. The molecule has 5 heteroatoms. The van der Waals surface area contributed by atoms with Crippen LogP contribution >= 0.6 is 8.60 Å². The highest BCUT2D eigenvalue weighted by Crippen LogP contribution is 2.28. The highest BCUT2D eigenvalue weighted by atomic mass is 31.2. The van der Waals surface area contributed by atoms with Crippen molar-refractivity contribution >= 4 is 8.60 Å². The number of rotatable bonds is 2. The maximum absolute atomic E-state index is 8.47. The van der Waals surface area contributed by atoms with Crippen molar-refractivity contribution in [1.82, 2.24) is 0 Å². The maximum atomic E-state index is 8.47. The van der Waals surface area contributed by atoms with Gasteiger partial charge in [0.2, 0.25) is 0 Å². The van der Waals surface area contributed by atoms with E-state index < -0.39 is 8.60 Å². The van der Waals surface area contributed by atoms with Crippen LogP contribution in [0, 0.1) is 11.3 Å². The van der Waals surface area contributed by atoms with Gasteiger partial charge in [0.05, 0.1) is 11.6 Å². The van der Waals surface area contributed by atoms with Gasteiger partial charge in [0.1, 0.15) is 5.75 Å². The lowest BCUT2D eigenvalue weighted by Crippen LogP contribution is -1.84. The lowest BCUT2D eigenvalue weighted by molar-refractivity contribution is 0.375. The Bertz CT molecular complexity index is 291. The van der Waals surface area contributed by atoms with Crippen LogP contribution in [0.15, 0.2) is 24.3 Å². The first-order valence-electron chi connectivity index (χ1n) is 3.08. The number of hydrogen-bond donors (Lipinski definition) is 2. The zero-order valence-corrected chi connectivity index (χ0v) is 6.90. The van der Waals surface area contributed by atoms with Crippen LogP contribution in [0.2, 0.25) is 0 Å². The molecular formula is C7H6NO3P. The van der Waals surface area contributed by atoms with E-state index in [1.165, 1.54) is 24.3 Å². The molecule has 0 aliphatic rings. The first-order chi connectivity index (χ1) is 5.72. The Hall–Kier alpha value is -1.14. The van der Waals surface area contributed by atoms with Crippen LogP contribution in [0.5, 0.6) is 5.75 Å². The van der Waals surface area contributed by atoms with Crippen LogP contribution in [0.3, 0.4) is 0 Å². The topological polar surface area (TPSA) is 73.5 Å². The van der Waals surface area contributed by atoms with Crippen molar-refractivity contribution < 1.29 is 14.3 Å². The van der Waals surface area contributed by atoms with Crippen molar-refractivity contribution in [2.24, 2.45) is 0 Å². The molecule has 12 heavy (non-hydrogen) atoms. The second-order valence-corrected chi connectivity index (χ2v) is 2.67. The Morgan fingerprint density at radius 1 is 1.25 bits per heavy atom. The van der Waals surface area contributed by atoms with Crippen molar-refractivity contribution in [3.63, 3.8) is 0 Å². The Balaban J connectivity index is 2.73. The minimum Gasteiger partial charge on any atom is -0.427 e. The molecule has 0 fully saturated rings. The molecule has 0 saturated heterocycles. The van der Waals surface area contributed by atoms with Gasteiger partial charge in [-0.05, 0) is 24.3 Å². The maximum Gasteiger partial charge on any atom is 0.391 e. The standard InChI is InChI=1S/C7H6NO3P/c8-5-6-1-3-7(4-2-6)11-12(9)10/h1-4,9-10H. The van der Waals surface area contributed by atoms with E-state index in [4.69, 9.17) is 15.0 Å². The fraction of sp³-hybridized carbons (Fsp3) is 0. The van der Waals surface area contributed by atoms with Crippen molar-refractivity contribution in [2.75, 3.05) is 0 Å². The predicted molar refractivity (Wildman–Crippen MR) is 43.1 cm³/mol. The summed E-state index contributed by atoms with van der Waals surface area (Å²) in [6.07, 6.45) is 0. The molecule has 0 aromatic heterocycles. The molecule has 0 unspecified atom stereocenters. The number of benzene rings is 1. The van der Waals surface area contributed by atoms with Crippen LogP contribution < -0.4 is 4.52 Å². The summed E-state index contributed by atoms with van der Waals surface area (Å²) in [7, 11) is -2.37. The molecular weight excluding hydrogens is 177 g/mol. The first-order valence-corrected chi connectivity index (χ1v) is 4.25. The largest absolute Gasteiger partial charge is 0.427 e. The van der Waals surface area contributed by atoms with E-state index in [9.17, 15) is 0 Å². The third kappa shape index (κ3) is 2.48. The second-order valence-electron chi connectivity index (χ2n) is 1.98. The molecule has 0 spiro atoms. The van der Waals surface area contributed by atoms with Gasteiger partial charge < -0.3 is 14.3 Å². The van der Waals surface area contributed by atoms with Gasteiger partial charge in [-0.15, -0.1) is 0 Å². The lowest BCUT2D eigenvalue weighted by Gasteiger charge is -2.03. The molecule has 0 amide bonds. The average Bonchev–Trinajstić information content (AvgIpc) is 2.05.